The number of hydrogen-bond donors (Lipinski definition) is 1. The van der Waals surface area contributed by atoms with Gasteiger partial charge < -0.3 is 10.0 Å². The molecule has 0 bridgehead atoms. The Morgan fingerprint density at radius 3 is 2.58 bits per heavy atom. The summed E-state index contributed by atoms with van der Waals surface area (Å²) in [7, 11) is 0. The van der Waals surface area contributed by atoms with Crippen molar-refractivity contribution in [3.8, 4) is 0 Å². The molecular formula is C9H17NO2. The van der Waals surface area contributed by atoms with Gasteiger partial charge in [0.15, 0.2) is 0 Å². The van der Waals surface area contributed by atoms with E-state index in [9.17, 15) is 4.79 Å². The van der Waals surface area contributed by atoms with Gasteiger partial charge >= 0.3 is 0 Å². The lowest BCUT2D eigenvalue weighted by Crippen LogP contribution is -2.36. The third-order valence-electron chi connectivity index (χ3n) is 1.64. The van der Waals surface area contributed by atoms with Crippen molar-refractivity contribution in [2.75, 3.05) is 13.2 Å². The minimum absolute atomic E-state index is 0.0709. The van der Waals surface area contributed by atoms with Crippen molar-refractivity contribution >= 4 is 5.91 Å². The van der Waals surface area contributed by atoms with Crippen LogP contribution in [0, 0.1) is 0 Å². The molecule has 0 aromatic heterocycles. The predicted octanol–water partition coefficient (Wildman–Crippen LogP) is 0.792. The highest BCUT2D eigenvalue weighted by Gasteiger charge is 2.12. The van der Waals surface area contributed by atoms with Crippen molar-refractivity contribution in [1.82, 2.24) is 4.90 Å². The van der Waals surface area contributed by atoms with Gasteiger partial charge in [-0.15, -0.1) is 0 Å². The second kappa shape index (κ2) is 5.77. The molecule has 0 saturated heterocycles. The Balaban J connectivity index is 4.03. The van der Waals surface area contributed by atoms with Gasteiger partial charge in [0.2, 0.25) is 5.91 Å². The van der Waals surface area contributed by atoms with E-state index in [1.54, 1.807) is 4.90 Å². The maximum absolute atomic E-state index is 11.2. The lowest BCUT2D eigenvalue weighted by atomic mass is 10.3. The molecule has 0 aromatic rings. The fourth-order valence-electron chi connectivity index (χ4n) is 0.981. The van der Waals surface area contributed by atoms with E-state index in [2.05, 4.69) is 6.58 Å². The second-order valence-corrected chi connectivity index (χ2v) is 2.91. The average Bonchev–Trinajstić information content (AvgIpc) is 2.04. The first-order chi connectivity index (χ1) is 5.63. The van der Waals surface area contributed by atoms with E-state index >= 15 is 0 Å². The summed E-state index contributed by atoms with van der Waals surface area (Å²) in [6.45, 7) is 8.02. The zero-order valence-electron chi connectivity index (χ0n) is 7.79. The molecule has 70 valence electrons. The van der Waals surface area contributed by atoms with Crippen LogP contribution in [0.3, 0.4) is 0 Å². The SMILES string of the molecule is C=CC(=O)N(CCCO)C(C)C. The first kappa shape index (κ1) is 11.2. The van der Waals surface area contributed by atoms with Gasteiger partial charge in [0.1, 0.15) is 0 Å². The number of hydrogen-bond acceptors (Lipinski definition) is 2. The van der Waals surface area contributed by atoms with E-state index in [0.717, 1.165) is 0 Å². The molecule has 12 heavy (non-hydrogen) atoms. The highest BCUT2D eigenvalue weighted by molar-refractivity contribution is 5.87. The van der Waals surface area contributed by atoms with Crippen LogP contribution in [0.25, 0.3) is 0 Å². The summed E-state index contributed by atoms with van der Waals surface area (Å²) in [5.41, 5.74) is 0. The number of rotatable bonds is 5. The minimum atomic E-state index is -0.0709. The molecule has 0 spiro atoms. The fraction of sp³-hybridized carbons (Fsp3) is 0.667. The molecule has 0 aliphatic carbocycles. The van der Waals surface area contributed by atoms with Gasteiger partial charge in [-0.3, -0.25) is 4.79 Å². The van der Waals surface area contributed by atoms with E-state index in [-0.39, 0.29) is 18.6 Å². The minimum Gasteiger partial charge on any atom is -0.396 e. The summed E-state index contributed by atoms with van der Waals surface area (Å²) in [5, 5.41) is 8.59. The van der Waals surface area contributed by atoms with Crippen LogP contribution >= 0.6 is 0 Å². The smallest absolute Gasteiger partial charge is 0.246 e. The van der Waals surface area contributed by atoms with E-state index in [1.165, 1.54) is 6.08 Å². The van der Waals surface area contributed by atoms with E-state index in [1.807, 2.05) is 13.8 Å². The first-order valence-electron chi connectivity index (χ1n) is 4.17. The van der Waals surface area contributed by atoms with E-state index in [4.69, 9.17) is 5.11 Å². The lowest BCUT2D eigenvalue weighted by molar-refractivity contribution is -0.127. The predicted molar refractivity (Wildman–Crippen MR) is 48.7 cm³/mol. The van der Waals surface area contributed by atoms with Gasteiger partial charge in [-0.25, -0.2) is 0 Å². The van der Waals surface area contributed by atoms with Crippen molar-refractivity contribution in [1.29, 1.82) is 0 Å². The summed E-state index contributed by atoms with van der Waals surface area (Å²) in [6.07, 6.45) is 1.93. The van der Waals surface area contributed by atoms with Crippen molar-refractivity contribution in [3.05, 3.63) is 12.7 Å². The molecule has 0 fully saturated rings. The number of aliphatic hydroxyl groups excluding tert-OH is 1. The Morgan fingerprint density at radius 2 is 2.25 bits per heavy atom. The van der Waals surface area contributed by atoms with E-state index in [0.29, 0.717) is 13.0 Å². The van der Waals surface area contributed by atoms with Crippen LogP contribution in [0.15, 0.2) is 12.7 Å². The standard InChI is InChI=1S/C9H17NO2/c1-4-9(12)10(8(2)3)6-5-7-11/h4,8,11H,1,5-7H2,2-3H3. The zero-order valence-corrected chi connectivity index (χ0v) is 7.79. The largest absolute Gasteiger partial charge is 0.396 e. The Hall–Kier alpha value is -0.830. The fourth-order valence-corrected chi connectivity index (χ4v) is 0.981. The van der Waals surface area contributed by atoms with Crippen LogP contribution in [0.2, 0.25) is 0 Å². The summed E-state index contributed by atoms with van der Waals surface area (Å²) in [6, 6.07) is 0.169. The number of nitrogens with zero attached hydrogens (tertiary/aromatic N) is 1. The van der Waals surface area contributed by atoms with Crippen molar-refractivity contribution in [3.63, 3.8) is 0 Å². The molecule has 3 nitrogen and oxygen atoms in total. The van der Waals surface area contributed by atoms with Crippen LogP contribution < -0.4 is 0 Å². The van der Waals surface area contributed by atoms with E-state index < -0.39 is 0 Å². The Morgan fingerprint density at radius 1 is 1.67 bits per heavy atom. The average molecular weight is 171 g/mol. The molecule has 3 heteroatoms. The van der Waals surface area contributed by atoms with Crippen LogP contribution in [0.1, 0.15) is 20.3 Å². The number of aliphatic hydroxyl groups is 1. The Kier molecular flexibility index (Phi) is 5.37. The summed E-state index contributed by atoms with van der Waals surface area (Å²) < 4.78 is 0. The quantitative estimate of drug-likeness (QED) is 0.621. The number of carbonyl (C=O) groups excluding carboxylic acids is 1. The molecule has 0 saturated carbocycles. The highest BCUT2D eigenvalue weighted by atomic mass is 16.3. The molecule has 0 aromatic carbocycles. The van der Waals surface area contributed by atoms with Crippen LogP contribution in [-0.4, -0.2) is 35.1 Å². The van der Waals surface area contributed by atoms with Crippen molar-refractivity contribution in [2.45, 2.75) is 26.3 Å². The highest BCUT2D eigenvalue weighted by Crippen LogP contribution is 2.00. The first-order valence-corrected chi connectivity index (χ1v) is 4.17. The summed E-state index contributed by atoms with van der Waals surface area (Å²) in [5.74, 6) is -0.0709. The molecule has 0 unspecified atom stereocenters. The van der Waals surface area contributed by atoms with Gasteiger partial charge in [0, 0.05) is 19.2 Å². The third-order valence-corrected chi connectivity index (χ3v) is 1.64. The molecular weight excluding hydrogens is 154 g/mol. The van der Waals surface area contributed by atoms with Crippen molar-refractivity contribution < 1.29 is 9.90 Å². The monoisotopic (exact) mass is 171 g/mol. The van der Waals surface area contributed by atoms with Crippen molar-refractivity contribution in [2.24, 2.45) is 0 Å². The molecule has 1 amide bonds. The molecule has 0 heterocycles. The van der Waals surface area contributed by atoms with Gasteiger partial charge in [0.25, 0.3) is 0 Å². The number of amides is 1. The Labute approximate surface area is 73.7 Å². The summed E-state index contributed by atoms with van der Waals surface area (Å²) >= 11 is 0. The normalized spacial score (nSPS) is 10.0. The lowest BCUT2D eigenvalue weighted by Gasteiger charge is -2.24. The van der Waals surface area contributed by atoms with Gasteiger partial charge in [0.05, 0.1) is 0 Å². The Bertz CT molecular complexity index is 155. The van der Waals surface area contributed by atoms with Crippen LogP contribution in [-0.2, 0) is 4.79 Å². The maximum Gasteiger partial charge on any atom is 0.246 e. The van der Waals surface area contributed by atoms with Gasteiger partial charge in [-0.05, 0) is 26.3 Å². The topological polar surface area (TPSA) is 40.5 Å². The summed E-state index contributed by atoms with van der Waals surface area (Å²) in [4.78, 5) is 12.9. The van der Waals surface area contributed by atoms with Gasteiger partial charge in [-0.2, -0.15) is 0 Å². The van der Waals surface area contributed by atoms with Gasteiger partial charge in [-0.1, -0.05) is 6.58 Å². The number of carbonyl (C=O) groups is 1. The molecule has 0 aliphatic rings. The molecule has 0 atom stereocenters. The van der Waals surface area contributed by atoms with Crippen LogP contribution in [0.5, 0.6) is 0 Å². The second-order valence-electron chi connectivity index (χ2n) is 2.91. The molecule has 0 rings (SSSR count). The molecule has 0 radical (unpaired) electrons. The molecule has 1 N–H and O–H groups in total. The maximum atomic E-state index is 11.2. The third kappa shape index (κ3) is 3.53. The zero-order chi connectivity index (χ0) is 9.56. The van der Waals surface area contributed by atoms with Crippen LogP contribution in [0.4, 0.5) is 0 Å². The molecule has 0 aliphatic heterocycles.